The van der Waals surface area contributed by atoms with Gasteiger partial charge in [0, 0.05) is 19.0 Å². The van der Waals surface area contributed by atoms with Crippen LogP contribution in [0.2, 0.25) is 0 Å². The van der Waals surface area contributed by atoms with Crippen LogP contribution in [-0.2, 0) is 11.2 Å². The zero-order chi connectivity index (χ0) is 15.1. The van der Waals surface area contributed by atoms with E-state index in [4.69, 9.17) is 0 Å². The first-order valence-electron chi connectivity index (χ1n) is 8.21. The van der Waals surface area contributed by atoms with Gasteiger partial charge in [0.2, 0.25) is 5.91 Å². The quantitative estimate of drug-likeness (QED) is 0.836. The SMILES string of the molecule is Cc1ccc(CCCC(=O)NCC(C)N2CCCC2)cc1. The molecule has 1 aliphatic rings. The van der Waals surface area contributed by atoms with Gasteiger partial charge < -0.3 is 5.32 Å². The summed E-state index contributed by atoms with van der Waals surface area (Å²) in [4.78, 5) is 14.3. The molecule has 1 aliphatic heterocycles. The third-order valence-electron chi connectivity index (χ3n) is 4.35. The fourth-order valence-corrected chi connectivity index (χ4v) is 2.87. The fourth-order valence-electron chi connectivity index (χ4n) is 2.87. The number of rotatable bonds is 7. The summed E-state index contributed by atoms with van der Waals surface area (Å²) >= 11 is 0. The first-order chi connectivity index (χ1) is 10.1. The van der Waals surface area contributed by atoms with Gasteiger partial charge in [0.15, 0.2) is 0 Å². The molecule has 0 aromatic heterocycles. The van der Waals surface area contributed by atoms with Crippen LogP contribution < -0.4 is 5.32 Å². The second-order valence-electron chi connectivity index (χ2n) is 6.24. The van der Waals surface area contributed by atoms with Crippen LogP contribution in [0.5, 0.6) is 0 Å². The van der Waals surface area contributed by atoms with E-state index in [1.54, 1.807) is 0 Å². The van der Waals surface area contributed by atoms with Gasteiger partial charge in [-0.3, -0.25) is 9.69 Å². The second kappa shape index (κ2) is 8.18. The largest absolute Gasteiger partial charge is 0.355 e. The molecule has 1 saturated heterocycles. The molecule has 1 unspecified atom stereocenters. The van der Waals surface area contributed by atoms with Gasteiger partial charge in [-0.05, 0) is 58.2 Å². The van der Waals surface area contributed by atoms with Gasteiger partial charge in [-0.25, -0.2) is 0 Å². The van der Waals surface area contributed by atoms with Crippen molar-refractivity contribution in [2.45, 2.75) is 52.0 Å². The predicted molar refractivity (Wildman–Crippen MR) is 87.4 cm³/mol. The summed E-state index contributed by atoms with van der Waals surface area (Å²) in [6.45, 7) is 7.45. The number of carbonyl (C=O) groups excluding carboxylic acids is 1. The van der Waals surface area contributed by atoms with Crippen molar-refractivity contribution in [1.82, 2.24) is 10.2 Å². The molecule has 0 bridgehead atoms. The molecule has 21 heavy (non-hydrogen) atoms. The maximum absolute atomic E-state index is 11.9. The van der Waals surface area contributed by atoms with E-state index in [2.05, 4.69) is 48.3 Å². The summed E-state index contributed by atoms with van der Waals surface area (Å²) in [6, 6.07) is 9.04. The van der Waals surface area contributed by atoms with E-state index in [1.165, 1.54) is 37.1 Å². The number of likely N-dealkylation sites (tertiary alicyclic amines) is 1. The van der Waals surface area contributed by atoms with Crippen LogP contribution in [0.25, 0.3) is 0 Å². The van der Waals surface area contributed by atoms with Crippen molar-refractivity contribution in [3.63, 3.8) is 0 Å². The zero-order valence-electron chi connectivity index (χ0n) is 13.4. The van der Waals surface area contributed by atoms with Gasteiger partial charge in [0.05, 0.1) is 0 Å². The Labute approximate surface area is 128 Å². The highest BCUT2D eigenvalue weighted by atomic mass is 16.1. The van der Waals surface area contributed by atoms with E-state index in [0.29, 0.717) is 12.5 Å². The van der Waals surface area contributed by atoms with E-state index in [1.807, 2.05) is 0 Å². The molecule has 3 nitrogen and oxygen atoms in total. The van der Waals surface area contributed by atoms with Crippen LogP contribution in [0.3, 0.4) is 0 Å². The Morgan fingerprint density at radius 1 is 1.24 bits per heavy atom. The highest BCUT2D eigenvalue weighted by Crippen LogP contribution is 2.11. The number of amides is 1. The Hall–Kier alpha value is -1.35. The van der Waals surface area contributed by atoms with Gasteiger partial charge in [0.25, 0.3) is 0 Å². The molecular formula is C18H28N2O. The van der Waals surface area contributed by atoms with E-state index in [-0.39, 0.29) is 5.91 Å². The molecule has 1 amide bonds. The first-order valence-corrected chi connectivity index (χ1v) is 8.21. The molecule has 3 heteroatoms. The maximum Gasteiger partial charge on any atom is 0.220 e. The summed E-state index contributed by atoms with van der Waals surface area (Å²) in [7, 11) is 0. The summed E-state index contributed by atoms with van der Waals surface area (Å²) in [5, 5.41) is 3.07. The number of hydrogen-bond donors (Lipinski definition) is 1. The lowest BCUT2D eigenvalue weighted by molar-refractivity contribution is -0.121. The molecule has 1 N–H and O–H groups in total. The van der Waals surface area contributed by atoms with E-state index in [0.717, 1.165) is 19.4 Å². The Balaban J connectivity index is 1.60. The molecule has 0 radical (unpaired) electrons. The lowest BCUT2D eigenvalue weighted by Crippen LogP contribution is -2.40. The normalized spacial score (nSPS) is 16.9. The highest BCUT2D eigenvalue weighted by Gasteiger charge is 2.18. The predicted octanol–water partition coefficient (Wildman–Crippen LogP) is 2.92. The van der Waals surface area contributed by atoms with E-state index < -0.39 is 0 Å². The smallest absolute Gasteiger partial charge is 0.220 e. The standard InChI is InChI=1S/C18H28N2O/c1-15-8-10-17(11-9-15)6-5-7-18(21)19-14-16(2)20-12-3-4-13-20/h8-11,16H,3-7,12-14H2,1-2H3,(H,19,21). The van der Waals surface area contributed by atoms with Crippen molar-refractivity contribution in [2.75, 3.05) is 19.6 Å². The van der Waals surface area contributed by atoms with Gasteiger partial charge in [-0.2, -0.15) is 0 Å². The van der Waals surface area contributed by atoms with Crippen LogP contribution in [0.15, 0.2) is 24.3 Å². The summed E-state index contributed by atoms with van der Waals surface area (Å²) in [5.41, 5.74) is 2.60. The van der Waals surface area contributed by atoms with Gasteiger partial charge in [0.1, 0.15) is 0 Å². The number of nitrogens with one attached hydrogen (secondary N) is 1. The number of nitrogens with zero attached hydrogens (tertiary/aromatic N) is 1. The Morgan fingerprint density at radius 2 is 1.90 bits per heavy atom. The Bertz CT molecular complexity index is 435. The molecule has 1 fully saturated rings. The minimum Gasteiger partial charge on any atom is -0.355 e. The van der Waals surface area contributed by atoms with Crippen molar-refractivity contribution in [3.8, 4) is 0 Å². The van der Waals surface area contributed by atoms with E-state index >= 15 is 0 Å². The van der Waals surface area contributed by atoms with Crippen LogP contribution in [-0.4, -0.2) is 36.5 Å². The molecule has 0 spiro atoms. The van der Waals surface area contributed by atoms with Crippen molar-refractivity contribution < 1.29 is 4.79 Å². The van der Waals surface area contributed by atoms with Gasteiger partial charge in [-0.15, -0.1) is 0 Å². The van der Waals surface area contributed by atoms with Crippen LogP contribution in [0.4, 0.5) is 0 Å². The summed E-state index contributed by atoms with van der Waals surface area (Å²) < 4.78 is 0. The summed E-state index contributed by atoms with van der Waals surface area (Å²) in [6.07, 6.45) is 5.13. The first kappa shape index (κ1) is 16.0. The Morgan fingerprint density at radius 3 is 2.57 bits per heavy atom. The maximum atomic E-state index is 11.9. The zero-order valence-corrected chi connectivity index (χ0v) is 13.4. The molecule has 1 atom stereocenters. The number of carbonyl (C=O) groups is 1. The molecule has 1 aromatic rings. The van der Waals surface area contributed by atoms with Crippen molar-refractivity contribution in [3.05, 3.63) is 35.4 Å². The molecule has 2 rings (SSSR count). The fraction of sp³-hybridized carbons (Fsp3) is 0.611. The van der Waals surface area contributed by atoms with Crippen LogP contribution in [0.1, 0.15) is 43.7 Å². The molecule has 1 heterocycles. The molecule has 0 aliphatic carbocycles. The van der Waals surface area contributed by atoms with Crippen molar-refractivity contribution in [1.29, 1.82) is 0 Å². The second-order valence-corrected chi connectivity index (χ2v) is 6.24. The minimum atomic E-state index is 0.188. The monoisotopic (exact) mass is 288 g/mol. The lowest BCUT2D eigenvalue weighted by Gasteiger charge is -2.23. The molecule has 116 valence electrons. The number of benzene rings is 1. The highest BCUT2D eigenvalue weighted by molar-refractivity contribution is 5.75. The average Bonchev–Trinajstić information content (AvgIpc) is 3.01. The molecule has 1 aromatic carbocycles. The number of hydrogen-bond acceptors (Lipinski definition) is 2. The summed E-state index contributed by atoms with van der Waals surface area (Å²) in [5.74, 6) is 0.188. The van der Waals surface area contributed by atoms with Crippen molar-refractivity contribution in [2.24, 2.45) is 0 Å². The van der Waals surface area contributed by atoms with Crippen molar-refractivity contribution >= 4 is 5.91 Å². The molecular weight excluding hydrogens is 260 g/mol. The van der Waals surface area contributed by atoms with Crippen LogP contribution >= 0.6 is 0 Å². The van der Waals surface area contributed by atoms with Gasteiger partial charge >= 0.3 is 0 Å². The van der Waals surface area contributed by atoms with Crippen LogP contribution in [0, 0.1) is 6.92 Å². The third-order valence-corrected chi connectivity index (χ3v) is 4.35. The topological polar surface area (TPSA) is 32.3 Å². The lowest BCUT2D eigenvalue weighted by atomic mass is 10.1. The average molecular weight is 288 g/mol. The van der Waals surface area contributed by atoms with Gasteiger partial charge in [-0.1, -0.05) is 29.8 Å². The molecule has 0 saturated carbocycles. The van der Waals surface area contributed by atoms with E-state index in [9.17, 15) is 4.79 Å². The minimum absolute atomic E-state index is 0.188. The Kier molecular flexibility index (Phi) is 6.24. The number of aryl methyl sites for hydroxylation is 2. The third kappa shape index (κ3) is 5.50.